The lowest BCUT2D eigenvalue weighted by molar-refractivity contribution is -0.142. The van der Waals surface area contributed by atoms with Crippen LogP contribution in [0.15, 0.2) is 0 Å². The van der Waals surface area contributed by atoms with E-state index in [2.05, 4.69) is 16.0 Å². The fourth-order valence-electron chi connectivity index (χ4n) is 2.43. The Morgan fingerprint density at radius 2 is 1.34 bits per heavy atom. The molecule has 0 heterocycles. The summed E-state index contributed by atoms with van der Waals surface area (Å²) in [7, 11) is 0. The molecule has 0 fully saturated rings. The smallest absolute Gasteiger partial charge is 0.326 e. The first-order valence-electron chi connectivity index (χ1n) is 9.84. The van der Waals surface area contributed by atoms with Gasteiger partial charge in [-0.1, -0.05) is 0 Å². The first-order chi connectivity index (χ1) is 14.9. The van der Waals surface area contributed by atoms with Gasteiger partial charge < -0.3 is 38.3 Å². The Morgan fingerprint density at radius 1 is 0.812 bits per heavy atom. The lowest BCUT2D eigenvalue weighted by atomic mass is 10.1. The van der Waals surface area contributed by atoms with Crippen LogP contribution in [0.5, 0.6) is 0 Å². The Bertz CT molecular complexity index is 705. The maximum atomic E-state index is 12.6. The van der Waals surface area contributed by atoms with Crippen LogP contribution in [-0.4, -0.2) is 76.8 Å². The van der Waals surface area contributed by atoms with Gasteiger partial charge in [0.05, 0.1) is 6.04 Å². The van der Waals surface area contributed by atoms with Crippen molar-refractivity contribution in [2.75, 3.05) is 12.0 Å². The molecular formula is C18H32N6O7S. The highest BCUT2D eigenvalue weighted by atomic mass is 32.2. The minimum Gasteiger partial charge on any atom is -0.480 e. The van der Waals surface area contributed by atoms with Crippen molar-refractivity contribution in [3.63, 3.8) is 0 Å². The summed E-state index contributed by atoms with van der Waals surface area (Å²) in [6.45, 7) is 1.34. The number of carbonyl (C=O) groups excluding carboxylic acids is 5. The number of carboxylic acids is 1. The van der Waals surface area contributed by atoms with E-state index in [4.69, 9.17) is 17.2 Å². The second-order valence-corrected chi connectivity index (χ2v) is 8.07. The van der Waals surface area contributed by atoms with Gasteiger partial charge in [0.25, 0.3) is 0 Å². The highest BCUT2D eigenvalue weighted by molar-refractivity contribution is 7.98. The zero-order valence-electron chi connectivity index (χ0n) is 18.1. The summed E-state index contributed by atoms with van der Waals surface area (Å²) >= 11 is 1.40. The van der Waals surface area contributed by atoms with Gasteiger partial charge in [0.2, 0.25) is 29.5 Å². The van der Waals surface area contributed by atoms with Crippen molar-refractivity contribution >= 4 is 47.3 Å². The summed E-state index contributed by atoms with van der Waals surface area (Å²) in [6, 6.07) is -4.62. The van der Waals surface area contributed by atoms with Crippen LogP contribution in [0.4, 0.5) is 0 Å². The number of aliphatic carboxylic acids is 1. The number of nitrogens with two attached hydrogens (primary N) is 3. The predicted molar refractivity (Wildman–Crippen MR) is 117 cm³/mol. The highest BCUT2D eigenvalue weighted by Crippen LogP contribution is 2.04. The maximum Gasteiger partial charge on any atom is 0.326 e. The molecule has 0 aromatic heterocycles. The number of carboxylic acid groups (broad SMARTS) is 1. The van der Waals surface area contributed by atoms with Crippen LogP contribution >= 0.6 is 11.8 Å². The molecule has 4 atom stereocenters. The normalized spacial score (nSPS) is 14.3. The summed E-state index contributed by atoms with van der Waals surface area (Å²) in [4.78, 5) is 70.4. The second-order valence-electron chi connectivity index (χ2n) is 7.09. The summed E-state index contributed by atoms with van der Waals surface area (Å²) in [5, 5.41) is 16.3. The van der Waals surface area contributed by atoms with Gasteiger partial charge in [0.1, 0.15) is 18.1 Å². The molecule has 14 heteroatoms. The largest absolute Gasteiger partial charge is 0.480 e. The van der Waals surface area contributed by atoms with E-state index < -0.39 is 59.7 Å². The zero-order valence-corrected chi connectivity index (χ0v) is 18.9. The average molecular weight is 477 g/mol. The molecular weight excluding hydrogens is 444 g/mol. The monoisotopic (exact) mass is 476 g/mol. The molecule has 5 amide bonds. The minimum atomic E-state index is -1.26. The van der Waals surface area contributed by atoms with E-state index in [1.165, 1.54) is 18.7 Å². The Hall–Kier alpha value is -2.87. The van der Waals surface area contributed by atoms with Crippen LogP contribution in [-0.2, 0) is 28.8 Å². The van der Waals surface area contributed by atoms with Gasteiger partial charge in [-0.2, -0.15) is 11.8 Å². The number of hydrogen-bond acceptors (Lipinski definition) is 8. The molecule has 10 N–H and O–H groups in total. The second kappa shape index (κ2) is 15.0. The third kappa shape index (κ3) is 12.1. The molecule has 0 radical (unpaired) electrons. The third-order valence-corrected chi connectivity index (χ3v) is 4.97. The fourth-order valence-corrected chi connectivity index (χ4v) is 2.90. The van der Waals surface area contributed by atoms with Gasteiger partial charge in [-0.05, 0) is 38.2 Å². The van der Waals surface area contributed by atoms with Crippen molar-refractivity contribution in [3.8, 4) is 0 Å². The van der Waals surface area contributed by atoms with E-state index in [1.54, 1.807) is 6.26 Å². The topological polar surface area (TPSA) is 237 Å². The van der Waals surface area contributed by atoms with Gasteiger partial charge in [0.15, 0.2) is 0 Å². The molecule has 32 heavy (non-hydrogen) atoms. The van der Waals surface area contributed by atoms with Crippen molar-refractivity contribution in [2.45, 2.75) is 63.2 Å². The van der Waals surface area contributed by atoms with Crippen LogP contribution in [0.1, 0.15) is 39.0 Å². The SMILES string of the molecule is CSCCC(NC(=O)C(CCC(N)=O)NC(=O)C(C)NC(=O)C(N)CCC(N)=O)C(=O)O. The van der Waals surface area contributed by atoms with Gasteiger partial charge >= 0.3 is 5.97 Å². The number of hydrogen-bond donors (Lipinski definition) is 7. The van der Waals surface area contributed by atoms with Crippen molar-refractivity contribution < 1.29 is 33.9 Å². The van der Waals surface area contributed by atoms with Crippen LogP contribution in [0.2, 0.25) is 0 Å². The molecule has 0 saturated heterocycles. The van der Waals surface area contributed by atoms with Crippen LogP contribution in [0.25, 0.3) is 0 Å². The molecule has 0 saturated carbocycles. The number of amides is 5. The Kier molecular flexibility index (Phi) is 13.7. The molecule has 182 valence electrons. The molecule has 0 bridgehead atoms. The van der Waals surface area contributed by atoms with Gasteiger partial charge in [0, 0.05) is 12.8 Å². The molecule has 0 aromatic carbocycles. The highest BCUT2D eigenvalue weighted by Gasteiger charge is 2.28. The van der Waals surface area contributed by atoms with E-state index in [0.29, 0.717) is 5.75 Å². The number of nitrogens with one attached hydrogen (secondary N) is 3. The van der Waals surface area contributed by atoms with E-state index in [1.807, 2.05) is 0 Å². The molecule has 0 aliphatic rings. The summed E-state index contributed by atoms with van der Waals surface area (Å²) in [5.41, 5.74) is 15.8. The van der Waals surface area contributed by atoms with E-state index in [-0.39, 0.29) is 32.1 Å². The summed E-state index contributed by atoms with van der Waals surface area (Å²) in [5.74, 6) is -4.36. The Balaban J connectivity index is 5.10. The number of thioether (sulfide) groups is 1. The fraction of sp³-hybridized carbons (Fsp3) is 0.667. The molecule has 0 spiro atoms. The maximum absolute atomic E-state index is 12.6. The molecule has 0 aliphatic carbocycles. The quantitative estimate of drug-likeness (QED) is 0.121. The van der Waals surface area contributed by atoms with E-state index >= 15 is 0 Å². The van der Waals surface area contributed by atoms with Crippen LogP contribution in [0, 0.1) is 0 Å². The van der Waals surface area contributed by atoms with Gasteiger partial charge in [-0.25, -0.2) is 4.79 Å². The molecule has 0 rings (SSSR count). The third-order valence-electron chi connectivity index (χ3n) is 4.33. The molecule has 0 aromatic rings. The van der Waals surface area contributed by atoms with Crippen molar-refractivity contribution in [1.29, 1.82) is 0 Å². The first-order valence-corrected chi connectivity index (χ1v) is 11.2. The minimum absolute atomic E-state index is 0.00816. The lowest BCUT2D eigenvalue weighted by Crippen LogP contribution is -2.56. The predicted octanol–water partition coefficient (Wildman–Crippen LogP) is -2.84. The van der Waals surface area contributed by atoms with E-state index in [9.17, 15) is 33.9 Å². The zero-order chi connectivity index (χ0) is 24.8. The van der Waals surface area contributed by atoms with Crippen LogP contribution < -0.4 is 33.2 Å². The van der Waals surface area contributed by atoms with Gasteiger partial charge in [-0.3, -0.25) is 24.0 Å². The van der Waals surface area contributed by atoms with Crippen molar-refractivity contribution in [3.05, 3.63) is 0 Å². The number of carbonyl (C=O) groups is 6. The van der Waals surface area contributed by atoms with Crippen molar-refractivity contribution in [1.82, 2.24) is 16.0 Å². The molecule has 13 nitrogen and oxygen atoms in total. The van der Waals surface area contributed by atoms with Crippen LogP contribution in [0.3, 0.4) is 0 Å². The van der Waals surface area contributed by atoms with Crippen molar-refractivity contribution in [2.24, 2.45) is 17.2 Å². The summed E-state index contributed by atoms with van der Waals surface area (Å²) in [6.07, 6.45) is 1.43. The molecule has 4 unspecified atom stereocenters. The number of rotatable bonds is 16. The average Bonchev–Trinajstić information content (AvgIpc) is 2.71. The molecule has 0 aliphatic heterocycles. The Morgan fingerprint density at radius 3 is 1.84 bits per heavy atom. The lowest BCUT2D eigenvalue weighted by Gasteiger charge is -2.23. The Labute approximate surface area is 189 Å². The van der Waals surface area contributed by atoms with E-state index in [0.717, 1.165) is 0 Å². The summed E-state index contributed by atoms with van der Waals surface area (Å²) < 4.78 is 0. The number of primary amides is 2. The first kappa shape index (κ1) is 29.1. The van der Waals surface area contributed by atoms with Gasteiger partial charge in [-0.15, -0.1) is 0 Å². The standard InChI is InChI=1S/C18H32N6O7S/c1-9(22-16(28)10(19)3-5-13(20)25)15(27)23-11(4-6-14(21)26)17(29)24-12(18(30)31)7-8-32-2/h9-12H,3-8,19H2,1-2H3,(H2,20,25)(H2,21,26)(H,22,28)(H,23,27)(H,24,29)(H,30,31).